The molecular weight excluding hydrogens is 238 g/mol. The molecule has 0 atom stereocenters. The zero-order chi connectivity index (χ0) is 13.2. The van der Waals surface area contributed by atoms with Crippen LogP contribution in [0, 0.1) is 0 Å². The molecule has 0 fully saturated rings. The minimum atomic E-state index is -0.803. The molecule has 1 heterocycles. The second-order valence-corrected chi connectivity index (χ2v) is 4.78. The zero-order valence-corrected chi connectivity index (χ0v) is 10.5. The van der Waals surface area contributed by atoms with Gasteiger partial charge in [-0.1, -0.05) is 24.3 Å². The number of carboxylic acid groups (broad SMARTS) is 1. The van der Waals surface area contributed by atoms with Gasteiger partial charge in [-0.3, -0.25) is 4.79 Å². The molecule has 0 unspecified atom stereocenters. The lowest BCUT2D eigenvalue weighted by atomic mass is 9.97. The molecular formula is C16H15NO2. The van der Waals surface area contributed by atoms with Crippen molar-refractivity contribution < 1.29 is 9.90 Å². The van der Waals surface area contributed by atoms with E-state index in [-0.39, 0.29) is 6.42 Å². The van der Waals surface area contributed by atoms with E-state index in [4.69, 9.17) is 5.11 Å². The SMILES string of the molecule is O=C(O)Cc1c[nH]c2ccc(C3=CCCC=C3)cc12. The molecule has 19 heavy (non-hydrogen) atoms. The molecule has 0 saturated carbocycles. The number of nitrogens with one attached hydrogen (secondary N) is 1. The molecule has 0 amide bonds. The van der Waals surface area contributed by atoms with Gasteiger partial charge in [0.05, 0.1) is 6.42 Å². The monoisotopic (exact) mass is 253 g/mol. The Morgan fingerprint density at radius 2 is 2.21 bits per heavy atom. The summed E-state index contributed by atoms with van der Waals surface area (Å²) in [6, 6.07) is 6.16. The number of hydrogen-bond acceptors (Lipinski definition) is 1. The van der Waals surface area contributed by atoms with Crippen molar-refractivity contribution in [2.24, 2.45) is 0 Å². The largest absolute Gasteiger partial charge is 0.481 e. The molecule has 3 nitrogen and oxygen atoms in total. The molecule has 3 rings (SSSR count). The van der Waals surface area contributed by atoms with Crippen LogP contribution in [0.25, 0.3) is 16.5 Å². The summed E-state index contributed by atoms with van der Waals surface area (Å²) in [4.78, 5) is 14.0. The van der Waals surface area contributed by atoms with Crippen molar-refractivity contribution in [3.63, 3.8) is 0 Å². The summed E-state index contributed by atoms with van der Waals surface area (Å²) in [7, 11) is 0. The van der Waals surface area contributed by atoms with E-state index in [1.165, 1.54) is 5.57 Å². The summed E-state index contributed by atoms with van der Waals surface area (Å²) in [6.45, 7) is 0. The Hall–Kier alpha value is -2.29. The minimum Gasteiger partial charge on any atom is -0.481 e. The van der Waals surface area contributed by atoms with Gasteiger partial charge in [0.2, 0.25) is 0 Å². The van der Waals surface area contributed by atoms with Gasteiger partial charge in [0.1, 0.15) is 0 Å². The van der Waals surface area contributed by atoms with Gasteiger partial charge in [0.15, 0.2) is 0 Å². The van der Waals surface area contributed by atoms with E-state index in [1.807, 2.05) is 6.07 Å². The first-order chi connectivity index (χ1) is 9.24. The van der Waals surface area contributed by atoms with Crippen LogP contribution in [0.3, 0.4) is 0 Å². The van der Waals surface area contributed by atoms with E-state index in [0.29, 0.717) is 0 Å². The molecule has 0 bridgehead atoms. The summed E-state index contributed by atoms with van der Waals surface area (Å²) >= 11 is 0. The fourth-order valence-corrected chi connectivity index (χ4v) is 2.49. The summed E-state index contributed by atoms with van der Waals surface area (Å²) in [6.07, 6.45) is 10.5. The van der Waals surface area contributed by atoms with Crippen LogP contribution in [0.1, 0.15) is 24.0 Å². The molecule has 1 aromatic heterocycles. The average Bonchev–Trinajstić information content (AvgIpc) is 2.82. The third kappa shape index (κ3) is 2.32. The highest BCUT2D eigenvalue weighted by Crippen LogP contribution is 2.26. The number of hydrogen-bond donors (Lipinski definition) is 2. The molecule has 0 aliphatic heterocycles. The highest BCUT2D eigenvalue weighted by molar-refractivity contribution is 5.90. The van der Waals surface area contributed by atoms with Crippen LogP contribution < -0.4 is 0 Å². The van der Waals surface area contributed by atoms with Gasteiger partial charge in [-0.15, -0.1) is 0 Å². The topological polar surface area (TPSA) is 53.1 Å². The number of fused-ring (bicyclic) bond motifs is 1. The van der Waals surface area contributed by atoms with Gasteiger partial charge >= 0.3 is 5.97 Å². The fourth-order valence-electron chi connectivity index (χ4n) is 2.49. The first-order valence-electron chi connectivity index (χ1n) is 6.43. The van der Waals surface area contributed by atoms with Crippen LogP contribution in [-0.2, 0) is 11.2 Å². The van der Waals surface area contributed by atoms with Gasteiger partial charge in [-0.05, 0) is 41.7 Å². The summed E-state index contributed by atoms with van der Waals surface area (Å²) in [5.41, 5.74) is 4.19. The quantitative estimate of drug-likeness (QED) is 0.879. The van der Waals surface area contributed by atoms with Crippen LogP contribution in [0.4, 0.5) is 0 Å². The summed E-state index contributed by atoms with van der Waals surface area (Å²) in [5, 5.41) is 9.93. The molecule has 1 aliphatic rings. The maximum atomic E-state index is 10.9. The van der Waals surface area contributed by atoms with Crippen molar-refractivity contribution in [1.82, 2.24) is 4.98 Å². The molecule has 1 aliphatic carbocycles. The van der Waals surface area contributed by atoms with Crippen LogP contribution in [0.2, 0.25) is 0 Å². The normalized spacial score (nSPS) is 14.6. The Balaban J connectivity index is 2.06. The minimum absolute atomic E-state index is 0.0539. The smallest absolute Gasteiger partial charge is 0.307 e. The molecule has 2 N–H and O–H groups in total. The highest BCUT2D eigenvalue weighted by atomic mass is 16.4. The number of aromatic nitrogens is 1. The summed E-state index contributed by atoms with van der Waals surface area (Å²) in [5.74, 6) is -0.803. The Labute approximate surface area is 111 Å². The van der Waals surface area contributed by atoms with E-state index >= 15 is 0 Å². The fraction of sp³-hybridized carbons (Fsp3) is 0.188. The van der Waals surface area contributed by atoms with Crippen molar-refractivity contribution in [3.05, 3.63) is 53.8 Å². The van der Waals surface area contributed by atoms with E-state index in [2.05, 4.69) is 35.3 Å². The number of aromatic amines is 1. The van der Waals surface area contributed by atoms with Crippen LogP contribution in [0.15, 0.2) is 42.6 Å². The zero-order valence-electron chi connectivity index (χ0n) is 10.5. The summed E-state index contributed by atoms with van der Waals surface area (Å²) < 4.78 is 0. The molecule has 0 saturated heterocycles. The number of benzene rings is 1. The van der Waals surface area contributed by atoms with Crippen molar-refractivity contribution in [1.29, 1.82) is 0 Å². The first kappa shape index (κ1) is 11.8. The molecule has 96 valence electrons. The standard InChI is InChI=1S/C16H15NO2/c18-16(19)9-13-10-17-15-7-6-12(8-14(13)15)11-4-2-1-3-5-11/h2,4-8,10,17H,1,3,9H2,(H,18,19). The lowest BCUT2D eigenvalue weighted by molar-refractivity contribution is -0.136. The predicted molar refractivity (Wildman–Crippen MR) is 76.0 cm³/mol. The second kappa shape index (κ2) is 4.76. The van der Waals surface area contributed by atoms with Gasteiger partial charge < -0.3 is 10.1 Å². The van der Waals surface area contributed by atoms with E-state index < -0.39 is 5.97 Å². The number of allylic oxidation sites excluding steroid dienone is 4. The lowest BCUT2D eigenvalue weighted by Crippen LogP contribution is -1.98. The Morgan fingerprint density at radius 1 is 1.32 bits per heavy atom. The Bertz CT molecular complexity index is 692. The number of carboxylic acids is 1. The average molecular weight is 253 g/mol. The number of rotatable bonds is 3. The van der Waals surface area contributed by atoms with Crippen LogP contribution in [-0.4, -0.2) is 16.1 Å². The Morgan fingerprint density at radius 3 is 2.95 bits per heavy atom. The lowest BCUT2D eigenvalue weighted by Gasteiger charge is -2.07. The third-order valence-electron chi connectivity index (χ3n) is 3.44. The second-order valence-electron chi connectivity index (χ2n) is 4.78. The highest BCUT2D eigenvalue weighted by Gasteiger charge is 2.09. The van der Waals surface area contributed by atoms with Gasteiger partial charge in [-0.25, -0.2) is 0 Å². The molecule has 1 aromatic carbocycles. The Kier molecular flexibility index (Phi) is 2.95. The maximum absolute atomic E-state index is 10.9. The predicted octanol–water partition coefficient (Wildman–Crippen LogP) is 3.53. The van der Waals surface area contributed by atoms with Crippen molar-refractivity contribution in [2.75, 3.05) is 0 Å². The van der Waals surface area contributed by atoms with Crippen molar-refractivity contribution in [3.8, 4) is 0 Å². The molecule has 3 heteroatoms. The van der Waals surface area contributed by atoms with E-state index in [0.717, 1.165) is 34.9 Å². The van der Waals surface area contributed by atoms with Crippen LogP contribution >= 0.6 is 0 Å². The number of aliphatic carboxylic acids is 1. The molecule has 0 radical (unpaired) electrons. The van der Waals surface area contributed by atoms with Crippen molar-refractivity contribution in [2.45, 2.75) is 19.3 Å². The van der Waals surface area contributed by atoms with Crippen LogP contribution in [0.5, 0.6) is 0 Å². The first-order valence-corrected chi connectivity index (χ1v) is 6.43. The number of carbonyl (C=O) groups is 1. The van der Waals surface area contributed by atoms with Crippen molar-refractivity contribution >= 4 is 22.4 Å². The maximum Gasteiger partial charge on any atom is 0.307 e. The molecule has 2 aromatic rings. The molecule has 0 spiro atoms. The third-order valence-corrected chi connectivity index (χ3v) is 3.44. The van der Waals surface area contributed by atoms with E-state index in [9.17, 15) is 4.79 Å². The van der Waals surface area contributed by atoms with Gasteiger partial charge in [0.25, 0.3) is 0 Å². The van der Waals surface area contributed by atoms with Gasteiger partial charge in [0, 0.05) is 17.1 Å². The van der Waals surface area contributed by atoms with E-state index in [1.54, 1.807) is 6.20 Å². The number of H-pyrrole nitrogens is 1. The van der Waals surface area contributed by atoms with Gasteiger partial charge in [-0.2, -0.15) is 0 Å².